The molecule has 2 atom stereocenters. The molecule has 3 heteroatoms. The quantitative estimate of drug-likeness (QED) is 0.521. The van der Waals surface area contributed by atoms with Crippen molar-refractivity contribution in [1.29, 1.82) is 0 Å². The molecule has 0 bridgehead atoms. The summed E-state index contributed by atoms with van der Waals surface area (Å²) < 4.78 is 4.68. The molecule has 0 aliphatic rings. The molecular formula is C10H19NO2. The van der Waals surface area contributed by atoms with Gasteiger partial charge in [-0.05, 0) is 12.3 Å². The predicted octanol–water partition coefficient (Wildman–Crippen LogP) is 1.48. The van der Waals surface area contributed by atoms with Crippen molar-refractivity contribution in [2.45, 2.75) is 32.2 Å². The standard InChI is InChI=1S/C10H19NO2/c1-5-7-10(11,8(3)6-2)9(12)13-4/h5,8H,1,6-7,11H2,2-4H3/t8-,10+/m0/s1. The van der Waals surface area contributed by atoms with Crippen molar-refractivity contribution < 1.29 is 9.53 Å². The van der Waals surface area contributed by atoms with Crippen LogP contribution in [-0.2, 0) is 9.53 Å². The fourth-order valence-electron chi connectivity index (χ4n) is 1.28. The molecular weight excluding hydrogens is 166 g/mol. The molecule has 0 aliphatic carbocycles. The second-order valence-corrected chi connectivity index (χ2v) is 3.33. The van der Waals surface area contributed by atoms with E-state index in [-0.39, 0.29) is 11.9 Å². The van der Waals surface area contributed by atoms with E-state index in [2.05, 4.69) is 11.3 Å². The summed E-state index contributed by atoms with van der Waals surface area (Å²) in [5, 5.41) is 0. The van der Waals surface area contributed by atoms with Crippen molar-refractivity contribution in [3.8, 4) is 0 Å². The Balaban J connectivity index is 4.69. The van der Waals surface area contributed by atoms with Gasteiger partial charge in [0.2, 0.25) is 0 Å². The summed E-state index contributed by atoms with van der Waals surface area (Å²) in [6, 6.07) is 0. The van der Waals surface area contributed by atoms with Crippen molar-refractivity contribution in [3.05, 3.63) is 12.7 Å². The van der Waals surface area contributed by atoms with E-state index in [0.29, 0.717) is 6.42 Å². The molecule has 76 valence electrons. The average Bonchev–Trinajstić information content (AvgIpc) is 2.15. The number of hydrogen-bond donors (Lipinski definition) is 1. The molecule has 0 aliphatic heterocycles. The average molecular weight is 185 g/mol. The van der Waals surface area contributed by atoms with Crippen LogP contribution in [0, 0.1) is 5.92 Å². The van der Waals surface area contributed by atoms with E-state index in [1.165, 1.54) is 7.11 Å². The molecule has 0 heterocycles. The van der Waals surface area contributed by atoms with Crippen LogP contribution in [0.1, 0.15) is 26.7 Å². The van der Waals surface area contributed by atoms with Crippen LogP contribution in [0.25, 0.3) is 0 Å². The van der Waals surface area contributed by atoms with Crippen molar-refractivity contribution >= 4 is 5.97 Å². The van der Waals surface area contributed by atoms with Crippen LogP contribution in [-0.4, -0.2) is 18.6 Å². The fraction of sp³-hybridized carbons (Fsp3) is 0.700. The molecule has 0 saturated carbocycles. The van der Waals surface area contributed by atoms with Gasteiger partial charge in [0.1, 0.15) is 5.54 Å². The van der Waals surface area contributed by atoms with Gasteiger partial charge in [0.25, 0.3) is 0 Å². The van der Waals surface area contributed by atoms with E-state index in [1.54, 1.807) is 6.08 Å². The Morgan fingerprint density at radius 1 is 1.77 bits per heavy atom. The maximum Gasteiger partial charge on any atom is 0.326 e. The first-order valence-corrected chi connectivity index (χ1v) is 4.51. The van der Waals surface area contributed by atoms with Gasteiger partial charge >= 0.3 is 5.97 Å². The van der Waals surface area contributed by atoms with Gasteiger partial charge < -0.3 is 10.5 Å². The number of nitrogens with two attached hydrogens (primary N) is 1. The summed E-state index contributed by atoms with van der Waals surface area (Å²) in [6.45, 7) is 7.53. The highest BCUT2D eigenvalue weighted by atomic mass is 16.5. The minimum atomic E-state index is -0.911. The lowest BCUT2D eigenvalue weighted by atomic mass is 9.81. The van der Waals surface area contributed by atoms with Crippen LogP contribution in [0.2, 0.25) is 0 Å². The van der Waals surface area contributed by atoms with Gasteiger partial charge in [0.05, 0.1) is 7.11 Å². The van der Waals surface area contributed by atoms with Gasteiger partial charge in [-0.1, -0.05) is 26.3 Å². The second kappa shape index (κ2) is 5.02. The summed E-state index contributed by atoms with van der Waals surface area (Å²) in [6.07, 6.45) is 2.96. The van der Waals surface area contributed by atoms with Crippen molar-refractivity contribution in [3.63, 3.8) is 0 Å². The third-order valence-electron chi connectivity index (χ3n) is 2.54. The Morgan fingerprint density at radius 3 is 2.62 bits per heavy atom. The first-order chi connectivity index (χ1) is 6.02. The largest absolute Gasteiger partial charge is 0.468 e. The minimum absolute atomic E-state index is 0.0953. The minimum Gasteiger partial charge on any atom is -0.468 e. The number of methoxy groups -OCH3 is 1. The summed E-state index contributed by atoms with van der Waals surface area (Å²) in [5.41, 5.74) is 5.06. The summed E-state index contributed by atoms with van der Waals surface area (Å²) in [7, 11) is 1.36. The topological polar surface area (TPSA) is 52.3 Å². The molecule has 0 rings (SSSR count). The normalized spacial score (nSPS) is 17.2. The molecule has 0 aromatic heterocycles. The maximum atomic E-state index is 11.4. The van der Waals surface area contributed by atoms with Crippen molar-refractivity contribution in [2.75, 3.05) is 7.11 Å². The van der Waals surface area contributed by atoms with E-state index in [0.717, 1.165) is 6.42 Å². The lowest BCUT2D eigenvalue weighted by Crippen LogP contribution is -2.53. The third kappa shape index (κ3) is 2.56. The summed E-state index contributed by atoms with van der Waals surface area (Å²) >= 11 is 0. The van der Waals surface area contributed by atoms with E-state index in [4.69, 9.17) is 5.73 Å². The Hall–Kier alpha value is -0.830. The summed E-state index contributed by atoms with van der Waals surface area (Å²) in [5.74, 6) is -0.264. The number of rotatable bonds is 5. The molecule has 3 nitrogen and oxygen atoms in total. The molecule has 0 saturated heterocycles. The van der Waals surface area contributed by atoms with Gasteiger partial charge in [-0.25, -0.2) is 0 Å². The van der Waals surface area contributed by atoms with Gasteiger partial charge in [-0.2, -0.15) is 0 Å². The van der Waals surface area contributed by atoms with Crippen molar-refractivity contribution in [2.24, 2.45) is 11.7 Å². The van der Waals surface area contributed by atoms with Gasteiger partial charge in [0.15, 0.2) is 0 Å². The number of esters is 1. The lowest BCUT2D eigenvalue weighted by molar-refractivity contribution is -0.149. The molecule has 0 radical (unpaired) electrons. The van der Waals surface area contributed by atoms with Crippen LogP contribution in [0.4, 0.5) is 0 Å². The highest BCUT2D eigenvalue weighted by Crippen LogP contribution is 2.23. The first-order valence-electron chi connectivity index (χ1n) is 4.51. The molecule has 0 aromatic rings. The van der Waals surface area contributed by atoms with E-state index in [9.17, 15) is 4.79 Å². The van der Waals surface area contributed by atoms with Gasteiger partial charge in [-0.15, -0.1) is 6.58 Å². The molecule has 0 spiro atoms. The predicted molar refractivity (Wildman–Crippen MR) is 53.2 cm³/mol. The van der Waals surface area contributed by atoms with Crippen LogP contribution in [0.15, 0.2) is 12.7 Å². The van der Waals surface area contributed by atoms with Crippen LogP contribution in [0.3, 0.4) is 0 Å². The van der Waals surface area contributed by atoms with E-state index < -0.39 is 5.54 Å². The highest BCUT2D eigenvalue weighted by molar-refractivity contribution is 5.81. The zero-order valence-electron chi connectivity index (χ0n) is 8.67. The number of ether oxygens (including phenoxy) is 1. The molecule has 13 heavy (non-hydrogen) atoms. The van der Waals surface area contributed by atoms with Crippen LogP contribution < -0.4 is 5.73 Å². The SMILES string of the molecule is C=CC[C@](N)(C(=O)OC)[C@@H](C)CC. The number of hydrogen-bond acceptors (Lipinski definition) is 3. The second-order valence-electron chi connectivity index (χ2n) is 3.33. The third-order valence-corrected chi connectivity index (χ3v) is 2.54. The number of carbonyl (C=O) groups excluding carboxylic acids is 1. The Kier molecular flexibility index (Phi) is 4.70. The van der Waals surface area contributed by atoms with Crippen LogP contribution >= 0.6 is 0 Å². The zero-order valence-corrected chi connectivity index (χ0v) is 8.67. The number of carbonyl (C=O) groups is 1. The van der Waals surface area contributed by atoms with Gasteiger partial charge in [-0.3, -0.25) is 4.79 Å². The summed E-state index contributed by atoms with van der Waals surface area (Å²) in [4.78, 5) is 11.4. The highest BCUT2D eigenvalue weighted by Gasteiger charge is 2.38. The molecule has 0 aromatic carbocycles. The van der Waals surface area contributed by atoms with Gasteiger partial charge in [0, 0.05) is 0 Å². The first kappa shape index (κ1) is 12.2. The Labute approximate surface area is 79.9 Å². The van der Waals surface area contributed by atoms with Crippen LogP contribution in [0.5, 0.6) is 0 Å². The van der Waals surface area contributed by atoms with E-state index in [1.807, 2.05) is 13.8 Å². The molecule has 0 amide bonds. The smallest absolute Gasteiger partial charge is 0.326 e. The molecule has 2 N–H and O–H groups in total. The monoisotopic (exact) mass is 185 g/mol. The maximum absolute atomic E-state index is 11.4. The fourth-order valence-corrected chi connectivity index (χ4v) is 1.28. The lowest BCUT2D eigenvalue weighted by Gasteiger charge is -2.30. The zero-order chi connectivity index (χ0) is 10.5. The molecule has 0 fully saturated rings. The Morgan fingerprint density at radius 2 is 2.31 bits per heavy atom. The molecule has 0 unspecified atom stereocenters. The van der Waals surface area contributed by atoms with Crippen molar-refractivity contribution in [1.82, 2.24) is 0 Å². The Bertz CT molecular complexity index is 191. The van der Waals surface area contributed by atoms with E-state index >= 15 is 0 Å².